The number of rotatable bonds is 8. The summed E-state index contributed by atoms with van der Waals surface area (Å²) in [4.78, 5) is 13.2. The molecular weight excluding hydrogens is 434 g/mol. The minimum Gasteiger partial charge on any atom is -0.483 e. The summed E-state index contributed by atoms with van der Waals surface area (Å²) in [6.45, 7) is 3.99. The molecule has 3 aromatic rings. The molecule has 0 aliphatic carbocycles. The molecule has 9 heteroatoms. The first-order chi connectivity index (χ1) is 16.6. The topological polar surface area (TPSA) is 111 Å². The number of para-hydroxylation sites is 2. The Kier molecular flexibility index (Phi) is 7.28. The first kappa shape index (κ1) is 23.1. The van der Waals surface area contributed by atoms with E-state index in [0.29, 0.717) is 22.8 Å². The van der Waals surface area contributed by atoms with Crippen LogP contribution in [0.25, 0.3) is 0 Å². The Hall–Kier alpha value is -4.06. The van der Waals surface area contributed by atoms with Gasteiger partial charge in [0.15, 0.2) is 18.1 Å². The van der Waals surface area contributed by atoms with Gasteiger partial charge in [0.2, 0.25) is 5.82 Å². The van der Waals surface area contributed by atoms with Crippen LogP contribution >= 0.6 is 0 Å². The highest BCUT2D eigenvalue weighted by atomic mass is 16.6. The van der Waals surface area contributed by atoms with Crippen molar-refractivity contribution in [2.24, 2.45) is 0 Å². The highest BCUT2D eigenvalue weighted by Crippen LogP contribution is 2.37. The Morgan fingerprint density at radius 1 is 1.21 bits per heavy atom. The zero-order chi connectivity index (χ0) is 23.8. The first-order valence-electron chi connectivity index (χ1n) is 11.3. The number of tetrazole rings is 1. The minimum absolute atomic E-state index is 0.0244. The number of unbranched alkanes of at least 4 members (excludes halogenated alkanes) is 4. The van der Waals surface area contributed by atoms with Gasteiger partial charge in [-0.3, -0.25) is 4.79 Å². The number of ether oxygens (including phenoxy) is 3. The molecule has 2 heterocycles. The molecule has 0 saturated carbocycles. The average molecular weight is 462 g/mol. The van der Waals surface area contributed by atoms with E-state index in [-0.39, 0.29) is 18.3 Å². The first-order valence-corrected chi connectivity index (χ1v) is 11.3. The van der Waals surface area contributed by atoms with Gasteiger partial charge < -0.3 is 19.5 Å². The van der Waals surface area contributed by atoms with E-state index in [1.54, 1.807) is 30.3 Å². The maximum absolute atomic E-state index is 13.2. The lowest BCUT2D eigenvalue weighted by atomic mass is 10.1. The van der Waals surface area contributed by atoms with Crippen LogP contribution in [-0.4, -0.2) is 33.1 Å². The van der Waals surface area contributed by atoms with E-state index in [2.05, 4.69) is 44.9 Å². The summed E-state index contributed by atoms with van der Waals surface area (Å²) in [7, 11) is 0. The van der Waals surface area contributed by atoms with Gasteiger partial charge in [0.05, 0.1) is 0 Å². The molecule has 176 valence electrons. The molecule has 1 unspecified atom stereocenters. The Balaban J connectivity index is 1.46. The molecule has 1 atom stereocenters. The summed E-state index contributed by atoms with van der Waals surface area (Å²) in [5.74, 6) is 4.42. The monoisotopic (exact) mass is 461 g/mol. The summed E-state index contributed by atoms with van der Waals surface area (Å²) < 4.78 is 17.5. The van der Waals surface area contributed by atoms with E-state index in [9.17, 15) is 4.79 Å². The van der Waals surface area contributed by atoms with E-state index >= 15 is 0 Å². The fourth-order valence-electron chi connectivity index (χ4n) is 3.60. The smallest absolute Gasteiger partial charge is 0.281 e. The number of amides is 1. The highest BCUT2D eigenvalue weighted by molar-refractivity contribution is 5.96. The van der Waals surface area contributed by atoms with Crippen molar-refractivity contribution in [3.8, 4) is 29.3 Å². The van der Waals surface area contributed by atoms with Gasteiger partial charge in [0, 0.05) is 12.0 Å². The standard InChI is InChI=1S/C25H27N5O4/c1-3-4-5-6-7-10-15-32-19-13-14-20(18(2)16-19)23(31)26-25(24-27-29-30-28-24)17-33-21-11-8-9-12-22(21)34-25/h8-9,11-14,16H,3-7,17H2,1-2H3,(H,26,31)(H,27,28,29,30). The molecule has 2 aromatic carbocycles. The lowest BCUT2D eigenvalue weighted by molar-refractivity contribution is -0.0413. The maximum atomic E-state index is 13.2. The summed E-state index contributed by atoms with van der Waals surface area (Å²) in [6.07, 6.45) is 8.22. The third-order valence-electron chi connectivity index (χ3n) is 5.43. The van der Waals surface area contributed by atoms with Gasteiger partial charge in [-0.15, -0.1) is 10.2 Å². The maximum Gasteiger partial charge on any atom is 0.281 e. The van der Waals surface area contributed by atoms with Gasteiger partial charge in [0.25, 0.3) is 11.6 Å². The van der Waals surface area contributed by atoms with Crippen molar-refractivity contribution in [1.29, 1.82) is 0 Å². The van der Waals surface area contributed by atoms with Crippen molar-refractivity contribution < 1.29 is 19.0 Å². The quantitative estimate of drug-likeness (QED) is 0.387. The largest absolute Gasteiger partial charge is 0.483 e. The van der Waals surface area contributed by atoms with Crippen LogP contribution in [0.4, 0.5) is 0 Å². The third-order valence-corrected chi connectivity index (χ3v) is 5.43. The number of nitrogens with one attached hydrogen (secondary N) is 2. The molecule has 0 radical (unpaired) electrons. The van der Waals surface area contributed by atoms with Gasteiger partial charge in [0.1, 0.15) is 11.9 Å². The molecule has 4 rings (SSSR count). The van der Waals surface area contributed by atoms with Gasteiger partial charge in [-0.1, -0.05) is 44.2 Å². The van der Waals surface area contributed by atoms with E-state index in [1.807, 2.05) is 19.1 Å². The number of nitrogens with zero attached hydrogens (tertiary/aromatic N) is 3. The normalized spacial score (nSPS) is 16.3. The number of aromatic nitrogens is 4. The van der Waals surface area contributed by atoms with Crippen LogP contribution < -0.4 is 19.5 Å². The number of aryl methyl sites for hydroxylation is 1. The Morgan fingerprint density at radius 3 is 2.82 bits per heavy atom. The van der Waals surface area contributed by atoms with Crippen molar-refractivity contribution in [1.82, 2.24) is 25.9 Å². The average Bonchev–Trinajstić information content (AvgIpc) is 3.39. The molecule has 9 nitrogen and oxygen atoms in total. The van der Waals surface area contributed by atoms with Crippen LogP contribution in [0.15, 0.2) is 42.5 Å². The number of H-pyrrole nitrogens is 1. The van der Waals surface area contributed by atoms with Crippen LogP contribution in [-0.2, 0) is 5.72 Å². The molecule has 0 saturated heterocycles. The highest BCUT2D eigenvalue weighted by Gasteiger charge is 2.45. The van der Waals surface area contributed by atoms with Crippen molar-refractivity contribution in [2.75, 3.05) is 6.61 Å². The second-order valence-corrected chi connectivity index (χ2v) is 8.02. The lowest BCUT2D eigenvalue weighted by Crippen LogP contribution is -2.56. The van der Waals surface area contributed by atoms with Gasteiger partial charge >= 0.3 is 0 Å². The predicted molar refractivity (Wildman–Crippen MR) is 124 cm³/mol. The van der Waals surface area contributed by atoms with Crippen LogP contribution in [0.2, 0.25) is 0 Å². The van der Waals surface area contributed by atoms with Crippen LogP contribution in [0.1, 0.15) is 60.8 Å². The molecule has 0 bridgehead atoms. The van der Waals surface area contributed by atoms with Crippen LogP contribution in [0, 0.1) is 19.0 Å². The number of hydrogen-bond acceptors (Lipinski definition) is 7. The molecule has 1 aliphatic heterocycles. The SMILES string of the molecule is CCCCCCC#COc1ccc(C(=O)NC2(c3nn[nH]n3)COc3ccccc3O2)c(C)c1. The van der Waals surface area contributed by atoms with Crippen LogP contribution in [0.5, 0.6) is 17.2 Å². The number of benzene rings is 2. The molecule has 0 spiro atoms. The number of carbonyl (C=O) groups excluding carboxylic acids is 1. The van der Waals surface area contributed by atoms with Gasteiger partial charge in [-0.2, -0.15) is 5.21 Å². The summed E-state index contributed by atoms with van der Waals surface area (Å²) in [5.41, 5.74) is -0.270. The predicted octanol–water partition coefficient (Wildman–Crippen LogP) is 3.87. The van der Waals surface area contributed by atoms with Crippen molar-refractivity contribution >= 4 is 5.91 Å². The molecule has 2 N–H and O–H groups in total. The molecule has 1 aromatic heterocycles. The lowest BCUT2D eigenvalue weighted by Gasteiger charge is -2.36. The molecular formula is C25H27N5O4. The second-order valence-electron chi connectivity index (χ2n) is 8.02. The van der Waals surface area contributed by atoms with E-state index in [4.69, 9.17) is 14.2 Å². The zero-order valence-electron chi connectivity index (χ0n) is 19.3. The number of fused-ring (bicyclic) bond motifs is 1. The van der Waals surface area contributed by atoms with Crippen molar-refractivity contribution in [3.63, 3.8) is 0 Å². The molecule has 1 aliphatic rings. The summed E-state index contributed by atoms with van der Waals surface area (Å²) in [6, 6.07) is 12.4. The molecule has 34 heavy (non-hydrogen) atoms. The summed E-state index contributed by atoms with van der Waals surface area (Å²) >= 11 is 0. The minimum atomic E-state index is -1.44. The Labute approximate surface area is 198 Å². The number of aromatic amines is 1. The van der Waals surface area contributed by atoms with Crippen molar-refractivity contribution in [3.05, 3.63) is 59.4 Å². The number of hydrogen-bond donors (Lipinski definition) is 2. The fourth-order valence-corrected chi connectivity index (χ4v) is 3.60. The van der Waals surface area contributed by atoms with Gasteiger partial charge in [-0.25, -0.2) is 0 Å². The third kappa shape index (κ3) is 5.29. The second kappa shape index (κ2) is 10.7. The van der Waals surface area contributed by atoms with E-state index < -0.39 is 5.72 Å². The summed E-state index contributed by atoms with van der Waals surface area (Å²) in [5, 5.41) is 17.0. The van der Waals surface area contributed by atoms with Gasteiger partial charge in [-0.05, 0) is 54.5 Å². The fraction of sp³-hybridized carbons (Fsp3) is 0.360. The van der Waals surface area contributed by atoms with Crippen molar-refractivity contribution in [2.45, 2.75) is 51.7 Å². The molecule has 1 amide bonds. The van der Waals surface area contributed by atoms with Crippen LogP contribution in [0.3, 0.4) is 0 Å². The molecule has 0 fully saturated rings. The number of carbonyl (C=O) groups is 1. The van der Waals surface area contributed by atoms with E-state index in [1.165, 1.54) is 19.3 Å². The Bertz CT molecular complexity index is 1190. The zero-order valence-corrected chi connectivity index (χ0v) is 19.3. The van der Waals surface area contributed by atoms with E-state index in [0.717, 1.165) is 18.4 Å². The Morgan fingerprint density at radius 2 is 2.06 bits per heavy atom.